The standard InChI is InChI=1S/C14H18N2O4/c1-10(17)11-5-3-6-12(9-11)15-14(20)16(2)8-4-7-13(18)19/h3,5-6,9H,4,7-8H2,1-2H3,(H,15,20)(H,18,19). The van der Waals surface area contributed by atoms with Gasteiger partial charge in [0.05, 0.1) is 0 Å². The van der Waals surface area contributed by atoms with Crippen LogP contribution >= 0.6 is 0 Å². The number of Topliss-reactive ketones (excluding diaryl/α,β-unsaturated/α-hetero) is 1. The zero-order chi connectivity index (χ0) is 15.1. The lowest BCUT2D eigenvalue weighted by molar-refractivity contribution is -0.137. The van der Waals surface area contributed by atoms with Gasteiger partial charge in [0.25, 0.3) is 0 Å². The molecule has 1 aromatic carbocycles. The number of carboxylic acids is 1. The first-order valence-electron chi connectivity index (χ1n) is 6.25. The van der Waals surface area contributed by atoms with Gasteiger partial charge in [0.1, 0.15) is 0 Å². The van der Waals surface area contributed by atoms with E-state index in [0.29, 0.717) is 24.2 Å². The van der Waals surface area contributed by atoms with Crippen molar-refractivity contribution in [2.45, 2.75) is 19.8 Å². The highest BCUT2D eigenvalue weighted by molar-refractivity contribution is 5.96. The smallest absolute Gasteiger partial charge is 0.321 e. The fraction of sp³-hybridized carbons (Fsp3) is 0.357. The summed E-state index contributed by atoms with van der Waals surface area (Å²) in [5, 5.41) is 11.2. The normalized spacial score (nSPS) is 9.90. The number of hydrogen-bond donors (Lipinski definition) is 2. The molecular formula is C14H18N2O4. The van der Waals surface area contributed by atoms with Crippen LogP contribution in [-0.2, 0) is 4.79 Å². The summed E-state index contributed by atoms with van der Waals surface area (Å²) < 4.78 is 0. The van der Waals surface area contributed by atoms with Crippen molar-refractivity contribution in [1.82, 2.24) is 4.90 Å². The van der Waals surface area contributed by atoms with E-state index in [4.69, 9.17) is 5.11 Å². The second kappa shape index (κ2) is 7.28. The summed E-state index contributed by atoms with van der Waals surface area (Å²) in [5.41, 5.74) is 1.06. The third kappa shape index (κ3) is 5.09. The quantitative estimate of drug-likeness (QED) is 0.781. The van der Waals surface area contributed by atoms with Gasteiger partial charge >= 0.3 is 12.0 Å². The minimum Gasteiger partial charge on any atom is -0.481 e. The van der Waals surface area contributed by atoms with E-state index in [2.05, 4.69) is 5.32 Å². The number of aliphatic carboxylic acids is 1. The number of carboxylic acid groups (broad SMARTS) is 1. The van der Waals surface area contributed by atoms with Crippen molar-refractivity contribution in [3.63, 3.8) is 0 Å². The van der Waals surface area contributed by atoms with Crippen LogP contribution in [0.25, 0.3) is 0 Å². The molecule has 0 saturated heterocycles. The molecular weight excluding hydrogens is 260 g/mol. The van der Waals surface area contributed by atoms with Crippen molar-refractivity contribution in [3.05, 3.63) is 29.8 Å². The van der Waals surface area contributed by atoms with Gasteiger partial charge in [-0.3, -0.25) is 9.59 Å². The van der Waals surface area contributed by atoms with Crippen LogP contribution in [0.3, 0.4) is 0 Å². The van der Waals surface area contributed by atoms with Gasteiger partial charge in [0.2, 0.25) is 0 Å². The van der Waals surface area contributed by atoms with Gasteiger partial charge in [-0.1, -0.05) is 12.1 Å². The first kappa shape index (κ1) is 15.7. The number of amides is 2. The van der Waals surface area contributed by atoms with E-state index in [0.717, 1.165) is 0 Å². The van der Waals surface area contributed by atoms with Crippen molar-refractivity contribution in [2.24, 2.45) is 0 Å². The fourth-order valence-electron chi connectivity index (χ4n) is 1.60. The molecule has 0 heterocycles. The number of hydrogen-bond acceptors (Lipinski definition) is 3. The van der Waals surface area contributed by atoms with Gasteiger partial charge in [-0.2, -0.15) is 0 Å². The zero-order valence-corrected chi connectivity index (χ0v) is 11.5. The summed E-state index contributed by atoms with van der Waals surface area (Å²) in [5.74, 6) is -0.955. The Morgan fingerprint density at radius 1 is 1.30 bits per heavy atom. The molecule has 0 bridgehead atoms. The van der Waals surface area contributed by atoms with Crippen LogP contribution in [0.15, 0.2) is 24.3 Å². The molecule has 2 amide bonds. The molecule has 0 aromatic heterocycles. The van der Waals surface area contributed by atoms with Crippen molar-refractivity contribution in [3.8, 4) is 0 Å². The van der Waals surface area contributed by atoms with Crippen LogP contribution in [0.5, 0.6) is 0 Å². The summed E-state index contributed by atoms with van der Waals surface area (Å²) >= 11 is 0. The van der Waals surface area contributed by atoms with E-state index in [-0.39, 0.29) is 18.2 Å². The van der Waals surface area contributed by atoms with E-state index in [1.165, 1.54) is 11.8 Å². The van der Waals surface area contributed by atoms with Gasteiger partial charge in [-0.25, -0.2) is 4.79 Å². The molecule has 0 spiro atoms. The Morgan fingerprint density at radius 3 is 2.60 bits per heavy atom. The molecule has 0 saturated carbocycles. The Labute approximate surface area is 117 Å². The van der Waals surface area contributed by atoms with Crippen LogP contribution in [0.4, 0.5) is 10.5 Å². The van der Waals surface area contributed by atoms with Crippen molar-refractivity contribution in [1.29, 1.82) is 0 Å². The largest absolute Gasteiger partial charge is 0.481 e. The Kier molecular flexibility index (Phi) is 5.71. The zero-order valence-electron chi connectivity index (χ0n) is 11.5. The molecule has 108 valence electrons. The topological polar surface area (TPSA) is 86.7 Å². The highest BCUT2D eigenvalue weighted by Gasteiger charge is 2.10. The second-order valence-corrected chi connectivity index (χ2v) is 4.49. The van der Waals surface area contributed by atoms with Gasteiger partial charge in [-0.15, -0.1) is 0 Å². The van der Waals surface area contributed by atoms with Crippen LogP contribution in [0.1, 0.15) is 30.1 Å². The van der Waals surface area contributed by atoms with Crippen molar-refractivity contribution >= 4 is 23.5 Å². The third-order valence-electron chi connectivity index (χ3n) is 2.75. The maximum atomic E-state index is 11.9. The maximum absolute atomic E-state index is 11.9. The van der Waals surface area contributed by atoms with Gasteiger partial charge in [-0.05, 0) is 25.5 Å². The molecule has 0 aliphatic carbocycles. The Morgan fingerprint density at radius 2 is 2.00 bits per heavy atom. The Bertz CT molecular complexity index is 514. The Balaban J connectivity index is 2.54. The molecule has 0 radical (unpaired) electrons. The molecule has 20 heavy (non-hydrogen) atoms. The lowest BCUT2D eigenvalue weighted by Gasteiger charge is -2.17. The maximum Gasteiger partial charge on any atom is 0.321 e. The van der Waals surface area contributed by atoms with E-state index in [9.17, 15) is 14.4 Å². The van der Waals surface area contributed by atoms with Gasteiger partial charge < -0.3 is 15.3 Å². The number of benzene rings is 1. The number of anilines is 1. The molecule has 6 heteroatoms. The summed E-state index contributed by atoms with van der Waals surface area (Å²) in [6.07, 6.45) is 0.421. The van der Waals surface area contributed by atoms with Gasteiger partial charge in [0.15, 0.2) is 5.78 Å². The molecule has 0 aliphatic heterocycles. The fourth-order valence-corrected chi connectivity index (χ4v) is 1.60. The summed E-state index contributed by atoms with van der Waals surface area (Å²) in [4.78, 5) is 34.9. The number of urea groups is 1. The first-order chi connectivity index (χ1) is 9.40. The average Bonchev–Trinajstić information content (AvgIpc) is 2.38. The monoisotopic (exact) mass is 278 g/mol. The number of carbonyl (C=O) groups is 3. The summed E-state index contributed by atoms with van der Waals surface area (Å²) in [7, 11) is 1.59. The molecule has 0 aliphatic rings. The Hall–Kier alpha value is -2.37. The van der Waals surface area contributed by atoms with E-state index >= 15 is 0 Å². The molecule has 0 atom stereocenters. The molecule has 2 N–H and O–H groups in total. The van der Waals surface area contributed by atoms with Gasteiger partial charge in [0, 0.05) is 31.3 Å². The number of rotatable bonds is 6. The highest BCUT2D eigenvalue weighted by atomic mass is 16.4. The van der Waals surface area contributed by atoms with E-state index < -0.39 is 5.97 Å². The number of ketones is 1. The van der Waals surface area contributed by atoms with Crippen LogP contribution < -0.4 is 5.32 Å². The van der Waals surface area contributed by atoms with Crippen LogP contribution in [0.2, 0.25) is 0 Å². The van der Waals surface area contributed by atoms with E-state index in [1.54, 1.807) is 31.3 Å². The van der Waals surface area contributed by atoms with Crippen LogP contribution in [-0.4, -0.2) is 41.4 Å². The molecule has 1 rings (SSSR count). The third-order valence-corrected chi connectivity index (χ3v) is 2.75. The lowest BCUT2D eigenvalue weighted by atomic mass is 10.1. The molecule has 1 aromatic rings. The van der Waals surface area contributed by atoms with Crippen molar-refractivity contribution < 1.29 is 19.5 Å². The number of carbonyl (C=O) groups excluding carboxylic acids is 2. The van der Waals surface area contributed by atoms with Crippen molar-refractivity contribution in [2.75, 3.05) is 18.9 Å². The molecule has 0 fully saturated rings. The highest BCUT2D eigenvalue weighted by Crippen LogP contribution is 2.11. The summed E-state index contributed by atoms with van der Waals surface area (Å²) in [6, 6.07) is 6.32. The number of nitrogens with one attached hydrogen (secondary N) is 1. The van der Waals surface area contributed by atoms with E-state index in [1.807, 2.05) is 0 Å². The predicted octanol–water partition coefficient (Wildman–Crippen LogP) is 2.22. The molecule has 0 unspecified atom stereocenters. The molecule has 6 nitrogen and oxygen atoms in total. The second-order valence-electron chi connectivity index (χ2n) is 4.49. The SMILES string of the molecule is CC(=O)c1cccc(NC(=O)N(C)CCCC(=O)O)c1. The summed E-state index contributed by atoms with van der Waals surface area (Å²) in [6.45, 7) is 1.81. The minimum atomic E-state index is -0.882. The average molecular weight is 278 g/mol. The lowest BCUT2D eigenvalue weighted by Crippen LogP contribution is -2.32. The number of nitrogens with zero attached hydrogens (tertiary/aromatic N) is 1. The van der Waals surface area contributed by atoms with Crippen LogP contribution in [0, 0.1) is 0 Å². The first-order valence-corrected chi connectivity index (χ1v) is 6.25. The predicted molar refractivity (Wildman–Crippen MR) is 75.0 cm³/mol. The minimum absolute atomic E-state index is 0.0252.